The lowest BCUT2D eigenvalue weighted by Gasteiger charge is -2.11. The van der Waals surface area contributed by atoms with E-state index in [0.29, 0.717) is 12.1 Å². The molecule has 0 heterocycles. The minimum Gasteiger partial charge on any atom is -0.399 e. The van der Waals surface area contributed by atoms with Crippen LogP contribution in [0.2, 0.25) is 0 Å². The maximum absolute atomic E-state index is 13.0. The van der Waals surface area contributed by atoms with Crippen LogP contribution in [0.3, 0.4) is 0 Å². The maximum Gasteiger partial charge on any atom is 0.563 e. The summed E-state index contributed by atoms with van der Waals surface area (Å²) in [5.41, 5.74) is 0. The van der Waals surface area contributed by atoms with E-state index >= 15 is 0 Å². The summed E-state index contributed by atoms with van der Waals surface area (Å²) in [6, 6.07) is 1.20. The van der Waals surface area contributed by atoms with Crippen molar-refractivity contribution in [2.45, 2.75) is 0 Å². The summed E-state index contributed by atoms with van der Waals surface area (Å²) in [6.45, 7) is 0. The fourth-order valence-corrected chi connectivity index (χ4v) is 1.62. The first-order valence-electron chi connectivity index (χ1n) is 3.47. The molecular formula is C6H2Cl2F3O4P. The van der Waals surface area contributed by atoms with Gasteiger partial charge in [0.05, 0.1) is 23.7 Å². The highest BCUT2D eigenvalue weighted by Gasteiger charge is 2.31. The molecule has 4 nitrogen and oxygen atoms in total. The predicted octanol–water partition coefficient (Wildman–Crippen LogP) is 3.93. The highest BCUT2D eigenvalue weighted by molar-refractivity contribution is 7.50. The molecule has 0 aliphatic rings. The molecule has 0 unspecified atom stereocenters. The summed E-state index contributed by atoms with van der Waals surface area (Å²) < 4.78 is 61.0. The van der Waals surface area contributed by atoms with Crippen molar-refractivity contribution in [3.8, 4) is 5.75 Å². The van der Waals surface area contributed by atoms with Crippen LogP contribution in [0.25, 0.3) is 0 Å². The van der Waals surface area contributed by atoms with Crippen LogP contribution in [0.1, 0.15) is 0 Å². The molecule has 0 bridgehead atoms. The standard InChI is InChI=1S/C6H2Cl2F3O4P/c7-14-16(12,15-8)13-4-2-1-3(9)5(10)6(4)11/h1-2H. The smallest absolute Gasteiger partial charge is 0.399 e. The van der Waals surface area contributed by atoms with Crippen molar-refractivity contribution in [2.75, 3.05) is 0 Å². The lowest BCUT2D eigenvalue weighted by Crippen LogP contribution is -1.98. The van der Waals surface area contributed by atoms with Gasteiger partial charge in [0.25, 0.3) is 0 Å². The lowest BCUT2D eigenvalue weighted by molar-refractivity contribution is 0.307. The molecule has 0 saturated carbocycles. The summed E-state index contributed by atoms with van der Waals surface area (Å²) in [4.78, 5) is 0. The van der Waals surface area contributed by atoms with Gasteiger partial charge in [0.15, 0.2) is 17.4 Å². The Morgan fingerprint density at radius 3 is 2.12 bits per heavy atom. The number of phosphoric acid groups is 1. The summed E-state index contributed by atoms with van der Waals surface area (Å²) in [6.07, 6.45) is 0. The molecule has 0 amide bonds. The van der Waals surface area contributed by atoms with Crippen molar-refractivity contribution < 1.29 is 30.4 Å². The van der Waals surface area contributed by atoms with Gasteiger partial charge in [-0.1, -0.05) is 0 Å². The Labute approximate surface area is 97.8 Å². The summed E-state index contributed by atoms with van der Waals surface area (Å²) >= 11 is 9.39. The third-order valence-corrected chi connectivity index (χ3v) is 3.15. The van der Waals surface area contributed by atoms with Gasteiger partial charge < -0.3 is 4.52 Å². The van der Waals surface area contributed by atoms with Crippen molar-refractivity contribution in [3.63, 3.8) is 0 Å². The Hall–Kier alpha value is -0.460. The van der Waals surface area contributed by atoms with Crippen molar-refractivity contribution in [3.05, 3.63) is 29.6 Å². The number of hydrogen-bond acceptors (Lipinski definition) is 4. The van der Waals surface area contributed by atoms with Gasteiger partial charge in [-0.2, -0.15) is 12.5 Å². The first kappa shape index (κ1) is 13.6. The van der Waals surface area contributed by atoms with Gasteiger partial charge in [0.1, 0.15) is 0 Å². The number of rotatable bonds is 4. The molecule has 0 aliphatic heterocycles. The Morgan fingerprint density at radius 2 is 1.62 bits per heavy atom. The molecule has 0 atom stereocenters. The zero-order chi connectivity index (χ0) is 12.3. The third-order valence-electron chi connectivity index (χ3n) is 1.38. The van der Waals surface area contributed by atoms with Gasteiger partial charge in [0, 0.05) is 0 Å². The highest BCUT2D eigenvalue weighted by atomic mass is 35.5. The molecule has 0 saturated heterocycles. The summed E-state index contributed by atoms with van der Waals surface area (Å²) in [5, 5.41) is 0. The highest BCUT2D eigenvalue weighted by Crippen LogP contribution is 2.52. The third kappa shape index (κ3) is 2.81. The van der Waals surface area contributed by atoms with Crippen LogP contribution in [-0.2, 0) is 12.7 Å². The average Bonchev–Trinajstić information content (AvgIpc) is 2.30. The van der Waals surface area contributed by atoms with E-state index in [1.165, 1.54) is 0 Å². The molecule has 0 radical (unpaired) electrons. The van der Waals surface area contributed by atoms with E-state index in [1.54, 1.807) is 0 Å². The van der Waals surface area contributed by atoms with Crippen LogP contribution in [0, 0.1) is 17.5 Å². The SMILES string of the molecule is O=P(OCl)(OCl)Oc1ccc(F)c(F)c1F. The molecule has 90 valence electrons. The number of benzene rings is 1. The molecule has 0 aliphatic carbocycles. The second-order valence-electron chi connectivity index (χ2n) is 2.35. The molecule has 0 aromatic heterocycles. The van der Waals surface area contributed by atoms with Crippen molar-refractivity contribution in [1.29, 1.82) is 0 Å². The van der Waals surface area contributed by atoms with Gasteiger partial charge in [-0.25, -0.2) is 13.3 Å². The Bertz CT molecular complexity index is 436. The van der Waals surface area contributed by atoms with E-state index in [9.17, 15) is 17.7 Å². The quantitative estimate of drug-likeness (QED) is 0.624. The van der Waals surface area contributed by atoms with Crippen LogP contribution in [0.4, 0.5) is 13.2 Å². The first-order chi connectivity index (χ1) is 7.43. The second-order valence-corrected chi connectivity index (χ2v) is 4.53. The Balaban J connectivity index is 3.08. The van der Waals surface area contributed by atoms with E-state index in [4.69, 9.17) is 23.7 Å². The molecule has 10 heteroatoms. The maximum atomic E-state index is 13.0. The molecule has 1 rings (SSSR count). The fraction of sp³-hybridized carbons (Fsp3) is 0. The van der Waals surface area contributed by atoms with E-state index < -0.39 is 31.0 Å². The summed E-state index contributed by atoms with van der Waals surface area (Å²) in [5.74, 6) is -5.90. The molecular weight excluding hydrogens is 295 g/mol. The van der Waals surface area contributed by atoms with Crippen molar-refractivity contribution in [2.24, 2.45) is 0 Å². The van der Waals surface area contributed by atoms with Gasteiger partial charge in [-0.05, 0) is 12.1 Å². The molecule has 0 N–H and O–H groups in total. The number of hydrogen-bond donors (Lipinski definition) is 0. The second kappa shape index (κ2) is 5.25. The van der Waals surface area contributed by atoms with Gasteiger partial charge in [-0.15, -0.1) is 0 Å². The lowest BCUT2D eigenvalue weighted by atomic mass is 10.3. The van der Waals surface area contributed by atoms with Gasteiger partial charge >= 0.3 is 7.82 Å². The van der Waals surface area contributed by atoms with E-state index in [0.717, 1.165) is 0 Å². The molecule has 16 heavy (non-hydrogen) atoms. The number of halogens is 5. The fourth-order valence-electron chi connectivity index (χ4n) is 0.738. The minimum absolute atomic E-state index is 0.542. The predicted molar refractivity (Wildman–Crippen MR) is 48.4 cm³/mol. The molecule has 1 aromatic rings. The van der Waals surface area contributed by atoms with Crippen LogP contribution in [0.15, 0.2) is 12.1 Å². The zero-order valence-electron chi connectivity index (χ0n) is 7.12. The van der Waals surface area contributed by atoms with Crippen LogP contribution in [0.5, 0.6) is 5.75 Å². The van der Waals surface area contributed by atoms with Gasteiger partial charge in [0.2, 0.25) is 5.82 Å². The average molecular weight is 297 g/mol. The van der Waals surface area contributed by atoms with Gasteiger partial charge in [-0.3, -0.25) is 0 Å². The van der Waals surface area contributed by atoms with Crippen LogP contribution in [-0.4, -0.2) is 0 Å². The van der Waals surface area contributed by atoms with E-state index in [1.807, 2.05) is 0 Å². The summed E-state index contributed by atoms with van der Waals surface area (Å²) in [7, 11) is -4.46. The Morgan fingerprint density at radius 1 is 1.06 bits per heavy atom. The largest absolute Gasteiger partial charge is 0.563 e. The molecule has 0 spiro atoms. The molecule has 1 aromatic carbocycles. The minimum atomic E-state index is -4.46. The normalized spacial score (nSPS) is 11.6. The van der Waals surface area contributed by atoms with Crippen molar-refractivity contribution >= 4 is 31.6 Å². The van der Waals surface area contributed by atoms with Crippen LogP contribution >= 0.6 is 31.6 Å². The first-order valence-corrected chi connectivity index (χ1v) is 5.55. The van der Waals surface area contributed by atoms with E-state index in [2.05, 4.69) is 12.7 Å². The molecule has 0 fully saturated rings. The monoisotopic (exact) mass is 296 g/mol. The zero-order valence-corrected chi connectivity index (χ0v) is 9.53. The van der Waals surface area contributed by atoms with Crippen molar-refractivity contribution in [1.82, 2.24) is 0 Å². The van der Waals surface area contributed by atoms with Crippen LogP contribution < -0.4 is 4.52 Å². The Kier molecular flexibility index (Phi) is 4.46. The van der Waals surface area contributed by atoms with E-state index in [-0.39, 0.29) is 0 Å². The topological polar surface area (TPSA) is 44.8 Å².